The number of aliphatic hydroxyl groups is 1. The molecule has 0 rings (SSSR count). The number of aliphatic hydroxyl groups excluding tert-OH is 1. The number of aliphatic carboxylic acids is 1. The fourth-order valence-electron chi connectivity index (χ4n) is 0.407. The van der Waals surface area contributed by atoms with E-state index in [1.807, 2.05) is 6.92 Å². The lowest BCUT2D eigenvalue weighted by atomic mass is 10.4. The molecular weight excluding hydrogens is 168 g/mol. The standard InChI is InChI=1S/C6H8O2.C4H10O/c1-2-3-4-5-6(7)8;1-2-3-4-5/h2-5H,1H3,(H,7,8);5H,2-4H2,1H3/b3-2+,5-4+;. The average Bonchev–Trinajstić information content (AvgIpc) is 2.07. The molecule has 0 amide bonds. The fraction of sp³-hybridized carbons (Fsp3) is 0.500. The molecule has 0 heterocycles. The summed E-state index contributed by atoms with van der Waals surface area (Å²) in [5.74, 6) is -0.914. The molecule has 2 N–H and O–H groups in total. The predicted octanol–water partition coefficient (Wildman–Crippen LogP) is 1.98. The largest absolute Gasteiger partial charge is 0.478 e. The van der Waals surface area contributed by atoms with E-state index in [2.05, 4.69) is 6.92 Å². The molecule has 0 aliphatic rings. The van der Waals surface area contributed by atoms with E-state index in [9.17, 15) is 4.79 Å². The lowest BCUT2D eigenvalue weighted by Crippen LogP contribution is -1.83. The molecule has 0 atom stereocenters. The van der Waals surface area contributed by atoms with Gasteiger partial charge in [-0.25, -0.2) is 4.79 Å². The molecule has 0 bridgehead atoms. The number of carboxylic acid groups (broad SMARTS) is 1. The van der Waals surface area contributed by atoms with Gasteiger partial charge in [0.2, 0.25) is 0 Å². The van der Waals surface area contributed by atoms with E-state index in [0.717, 1.165) is 18.9 Å². The number of rotatable bonds is 4. The third-order valence-corrected chi connectivity index (χ3v) is 1.05. The third kappa shape index (κ3) is 24.8. The molecule has 0 aromatic carbocycles. The van der Waals surface area contributed by atoms with E-state index in [1.165, 1.54) is 6.08 Å². The van der Waals surface area contributed by atoms with Crippen LogP contribution in [0, 0.1) is 0 Å². The first-order chi connectivity index (χ1) is 6.18. The van der Waals surface area contributed by atoms with E-state index in [-0.39, 0.29) is 0 Å². The van der Waals surface area contributed by atoms with Gasteiger partial charge in [0.25, 0.3) is 0 Å². The van der Waals surface area contributed by atoms with Crippen LogP contribution in [-0.2, 0) is 4.79 Å². The van der Waals surface area contributed by atoms with Crippen molar-refractivity contribution in [2.75, 3.05) is 6.61 Å². The Morgan fingerprint density at radius 2 is 2.00 bits per heavy atom. The molecule has 0 radical (unpaired) electrons. The van der Waals surface area contributed by atoms with Crippen molar-refractivity contribution in [3.8, 4) is 0 Å². The minimum atomic E-state index is -0.914. The molecule has 0 saturated heterocycles. The van der Waals surface area contributed by atoms with Crippen molar-refractivity contribution < 1.29 is 15.0 Å². The first-order valence-electron chi connectivity index (χ1n) is 4.32. The number of carboxylic acids is 1. The van der Waals surface area contributed by atoms with Crippen LogP contribution in [0.5, 0.6) is 0 Å². The molecule has 76 valence electrons. The molecule has 3 heteroatoms. The monoisotopic (exact) mass is 186 g/mol. The SMILES string of the molecule is C/C=C/C=C/C(=O)O.CCCCO. The number of unbranched alkanes of at least 4 members (excludes halogenated alkanes) is 1. The Kier molecular flexibility index (Phi) is 15.0. The number of hydrogen-bond donors (Lipinski definition) is 2. The van der Waals surface area contributed by atoms with E-state index < -0.39 is 5.97 Å². The molecule has 0 aromatic heterocycles. The summed E-state index contributed by atoms with van der Waals surface area (Å²) in [6, 6.07) is 0. The normalized spacial score (nSPS) is 10.1. The highest BCUT2D eigenvalue weighted by atomic mass is 16.4. The molecule has 0 fully saturated rings. The number of carbonyl (C=O) groups is 1. The van der Waals surface area contributed by atoms with Gasteiger partial charge in [-0.3, -0.25) is 0 Å². The number of allylic oxidation sites excluding steroid dienone is 3. The first kappa shape index (κ1) is 14.4. The Morgan fingerprint density at radius 3 is 2.23 bits per heavy atom. The highest BCUT2D eigenvalue weighted by Gasteiger charge is 1.78. The Labute approximate surface area is 79.4 Å². The van der Waals surface area contributed by atoms with Crippen LogP contribution in [0.1, 0.15) is 26.7 Å². The average molecular weight is 186 g/mol. The van der Waals surface area contributed by atoms with E-state index in [0.29, 0.717) is 6.61 Å². The van der Waals surface area contributed by atoms with E-state index >= 15 is 0 Å². The Hall–Kier alpha value is -1.09. The highest BCUT2D eigenvalue weighted by Crippen LogP contribution is 1.78. The van der Waals surface area contributed by atoms with E-state index in [1.54, 1.807) is 12.2 Å². The van der Waals surface area contributed by atoms with Crippen molar-refractivity contribution in [3.05, 3.63) is 24.3 Å². The van der Waals surface area contributed by atoms with Gasteiger partial charge in [0, 0.05) is 12.7 Å². The number of hydrogen-bond acceptors (Lipinski definition) is 2. The molecule has 0 unspecified atom stereocenters. The molecule has 13 heavy (non-hydrogen) atoms. The zero-order valence-corrected chi connectivity index (χ0v) is 8.23. The topological polar surface area (TPSA) is 57.5 Å². The lowest BCUT2D eigenvalue weighted by molar-refractivity contribution is -0.131. The molecule has 0 aromatic rings. The van der Waals surface area contributed by atoms with Gasteiger partial charge in [0.1, 0.15) is 0 Å². The van der Waals surface area contributed by atoms with Crippen molar-refractivity contribution in [2.24, 2.45) is 0 Å². The molecule has 0 aliphatic carbocycles. The molecule has 0 saturated carbocycles. The molecule has 0 aliphatic heterocycles. The van der Waals surface area contributed by atoms with Crippen LogP contribution < -0.4 is 0 Å². The van der Waals surface area contributed by atoms with Crippen LogP contribution in [0.15, 0.2) is 24.3 Å². The van der Waals surface area contributed by atoms with Gasteiger partial charge in [-0.2, -0.15) is 0 Å². The van der Waals surface area contributed by atoms with Gasteiger partial charge < -0.3 is 10.2 Å². The fourth-order valence-corrected chi connectivity index (χ4v) is 0.407. The summed E-state index contributed by atoms with van der Waals surface area (Å²) >= 11 is 0. The van der Waals surface area contributed by atoms with Crippen LogP contribution in [0.4, 0.5) is 0 Å². The second-order valence-corrected chi connectivity index (χ2v) is 2.30. The van der Waals surface area contributed by atoms with Gasteiger partial charge >= 0.3 is 5.97 Å². The maximum Gasteiger partial charge on any atom is 0.328 e. The summed E-state index contributed by atoms with van der Waals surface area (Å²) in [6.45, 7) is 4.22. The Morgan fingerprint density at radius 1 is 1.38 bits per heavy atom. The third-order valence-electron chi connectivity index (χ3n) is 1.05. The summed E-state index contributed by atoms with van der Waals surface area (Å²) in [5.41, 5.74) is 0. The van der Waals surface area contributed by atoms with Crippen molar-refractivity contribution in [1.29, 1.82) is 0 Å². The second kappa shape index (κ2) is 13.5. The summed E-state index contributed by atoms with van der Waals surface area (Å²) in [7, 11) is 0. The van der Waals surface area contributed by atoms with Crippen LogP contribution in [0.25, 0.3) is 0 Å². The van der Waals surface area contributed by atoms with Crippen LogP contribution in [-0.4, -0.2) is 22.8 Å². The van der Waals surface area contributed by atoms with Gasteiger partial charge in [0.15, 0.2) is 0 Å². The Balaban J connectivity index is 0. The maximum atomic E-state index is 9.75. The predicted molar refractivity (Wildman–Crippen MR) is 53.6 cm³/mol. The first-order valence-corrected chi connectivity index (χ1v) is 4.32. The lowest BCUT2D eigenvalue weighted by Gasteiger charge is -1.79. The molecule has 3 nitrogen and oxygen atoms in total. The quantitative estimate of drug-likeness (QED) is 0.521. The van der Waals surface area contributed by atoms with Crippen molar-refractivity contribution in [1.82, 2.24) is 0 Å². The summed E-state index contributed by atoms with van der Waals surface area (Å²) in [6.07, 6.45) is 8.02. The maximum absolute atomic E-state index is 9.75. The molecule has 0 spiro atoms. The van der Waals surface area contributed by atoms with Crippen molar-refractivity contribution >= 4 is 5.97 Å². The summed E-state index contributed by atoms with van der Waals surface area (Å²) in [4.78, 5) is 9.75. The summed E-state index contributed by atoms with van der Waals surface area (Å²) in [5, 5.41) is 16.1. The van der Waals surface area contributed by atoms with Crippen LogP contribution in [0.2, 0.25) is 0 Å². The van der Waals surface area contributed by atoms with Gasteiger partial charge in [-0.05, 0) is 13.3 Å². The minimum Gasteiger partial charge on any atom is -0.478 e. The van der Waals surface area contributed by atoms with Gasteiger partial charge in [-0.1, -0.05) is 31.6 Å². The summed E-state index contributed by atoms with van der Waals surface area (Å²) < 4.78 is 0. The van der Waals surface area contributed by atoms with Crippen LogP contribution >= 0.6 is 0 Å². The second-order valence-electron chi connectivity index (χ2n) is 2.30. The van der Waals surface area contributed by atoms with Gasteiger partial charge in [-0.15, -0.1) is 0 Å². The van der Waals surface area contributed by atoms with Crippen molar-refractivity contribution in [2.45, 2.75) is 26.7 Å². The van der Waals surface area contributed by atoms with E-state index in [4.69, 9.17) is 10.2 Å². The zero-order valence-electron chi connectivity index (χ0n) is 8.23. The highest BCUT2D eigenvalue weighted by molar-refractivity contribution is 5.80. The zero-order chi connectivity index (χ0) is 10.5. The van der Waals surface area contributed by atoms with Gasteiger partial charge in [0.05, 0.1) is 0 Å². The van der Waals surface area contributed by atoms with Crippen LogP contribution in [0.3, 0.4) is 0 Å². The minimum absolute atomic E-state index is 0.344. The molecular formula is C10H18O3. The Bertz CT molecular complexity index is 158. The smallest absolute Gasteiger partial charge is 0.328 e. The van der Waals surface area contributed by atoms with Crippen molar-refractivity contribution in [3.63, 3.8) is 0 Å².